The minimum atomic E-state index is -4.99. The van der Waals surface area contributed by atoms with Crippen LogP contribution in [0.4, 0.5) is 17.6 Å². The van der Waals surface area contributed by atoms with Crippen molar-refractivity contribution in [2.45, 2.75) is 13.0 Å². The zero-order valence-electron chi connectivity index (χ0n) is 8.85. The van der Waals surface area contributed by atoms with Gasteiger partial charge in [-0.05, 0) is 22.6 Å². The molecule has 9 heteroatoms. The first-order chi connectivity index (χ1) is 8.30. The molecule has 0 saturated carbocycles. The molecule has 100 valence electrons. The van der Waals surface area contributed by atoms with E-state index in [1.807, 2.05) is 0 Å². The molecule has 0 radical (unpaired) electrons. The number of aromatic nitrogens is 1. The van der Waals surface area contributed by atoms with E-state index in [1.165, 1.54) is 22.6 Å². The van der Waals surface area contributed by atoms with Gasteiger partial charge in [-0.15, -0.1) is 13.2 Å². The Morgan fingerprint density at radius 2 is 2.11 bits per heavy atom. The normalized spacial score (nSPS) is 11.2. The number of alkyl halides is 4. The number of hydrogen-bond donors (Lipinski definition) is 0. The minimum Gasteiger partial charge on any atom is -0.464 e. The SMILES string of the molecule is COC(=O)c1ncc(CF)c(OC(F)(F)F)c1I. The van der Waals surface area contributed by atoms with Gasteiger partial charge in [0.2, 0.25) is 0 Å². The summed E-state index contributed by atoms with van der Waals surface area (Å²) >= 11 is 1.41. The summed E-state index contributed by atoms with van der Waals surface area (Å²) in [7, 11) is 1.05. The van der Waals surface area contributed by atoms with Crippen LogP contribution in [-0.2, 0) is 11.4 Å². The molecule has 0 amide bonds. The van der Waals surface area contributed by atoms with E-state index in [2.05, 4.69) is 14.5 Å². The van der Waals surface area contributed by atoms with Crippen LogP contribution in [0.2, 0.25) is 0 Å². The fourth-order valence-corrected chi connectivity index (χ4v) is 1.88. The molecule has 1 heterocycles. The second-order valence-corrected chi connectivity index (χ2v) is 4.03. The van der Waals surface area contributed by atoms with Crippen LogP contribution < -0.4 is 4.74 Å². The Morgan fingerprint density at radius 3 is 2.56 bits per heavy atom. The first-order valence-electron chi connectivity index (χ1n) is 4.37. The maximum Gasteiger partial charge on any atom is 0.573 e. The van der Waals surface area contributed by atoms with Crippen LogP contribution in [0.3, 0.4) is 0 Å². The highest BCUT2D eigenvalue weighted by atomic mass is 127. The molecule has 1 aromatic heterocycles. The van der Waals surface area contributed by atoms with E-state index in [9.17, 15) is 22.4 Å². The molecule has 1 aromatic rings. The lowest BCUT2D eigenvalue weighted by atomic mass is 10.2. The predicted molar refractivity (Wildman–Crippen MR) is 59.8 cm³/mol. The molecule has 0 saturated heterocycles. The summed E-state index contributed by atoms with van der Waals surface area (Å²) in [5.74, 6) is -1.71. The number of pyridine rings is 1. The third-order valence-corrected chi connectivity index (χ3v) is 2.79. The van der Waals surface area contributed by atoms with Crippen molar-refractivity contribution in [3.63, 3.8) is 0 Å². The third kappa shape index (κ3) is 3.43. The number of ether oxygens (including phenoxy) is 2. The first kappa shape index (κ1) is 14.9. The van der Waals surface area contributed by atoms with Crippen molar-refractivity contribution < 1.29 is 31.8 Å². The van der Waals surface area contributed by atoms with Crippen molar-refractivity contribution >= 4 is 28.6 Å². The number of carbonyl (C=O) groups excluding carboxylic acids is 1. The molecule has 0 aliphatic heterocycles. The zero-order chi connectivity index (χ0) is 13.9. The van der Waals surface area contributed by atoms with E-state index >= 15 is 0 Å². The number of nitrogens with zero attached hydrogens (tertiary/aromatic N) is 1. The van der Waals surface area contributed by atoms with Gasteiger partial charge in [-0.25, -0.2) is 14.2 Å². The van der Waals surface area contributed by atoms with Crippen LogP contribution in [0.5, 0.6) is 5.75 Å². The Kier molecular flexibility index (Phi) is 4.71. The van der Waals surface area contributed by atoms with Gasteiger partial charge in [-0.3, -0.25) is 0 Å². The summed E-state index contributed by atoms with van der Waals surface area (Å²) in [6.45, 7) is -1.20. The molecular formula is C9H6F4INO3. The molecule has 0 spiro atoms. The van der Waals surface area contributed by atoms with Crippen LogP contribution in [0.25, 0.3) is 0 Å². The summed E-state index contributed by atoms with van der Waals surface area (Å²) in [5.41, 5.74) is -0.765. The van der Waals surface area contributed by atoms with E-state index in [0.717, 1.165) is 13.3 Å². The zero-order valence-corrected chi connectivity index (χ0v) is 11.0. The smallest absolute Gasteiger partial charge is 0.464 e. The van der Waals surface area contributed by atoms with Gasteiger partial charge in [0.15, 0.2) is 11.4 Å². The monoisotopic (exact) mass is 379 g/mol. The molecule has 1 rings (SSSR count). The fraction of sp³-hybridized carbons (Fsp3) is 0.333. The summed E-state index contributed by atoms with van der Waals surface area (Å²) in [5, 5.41) is 0. The molecule has 0 aliphatic rings. The number of methoxy groups -OCH3 is 1. The molecule has 0 unspecified atom stereocenters. The number of hydrogen-bond acceptors (Lipinski definition) is 4. The molecule has 18 heavy (non-hydrogen) atoms. The lowest BCUT2D eigenvalue weighted by molar-refractivity contribution is -0.275. The maximum atomic E-state index is 12.5. The van der Waals surface area contributed by atoms with Crippen molar-refractivity contribution in [1.29, 1.82) is 0 Å². The van der Waals surface area contributed by atoms with Gasteiger partial charge in [0, 0.05) is 11.8 Å². The number of esters is 1. The Morgan fingerprint density at radius 1 is 1.50 bits per heavy atom. The van der Waals surface area contributed by atoms with Crippen LogP contribution in [0.1, 0.15) is 16.1 Å². The van der Waals surface area contributed by atoms with Crippen molar-refractivity contribution in [2.24, 2.45) is 0 Å². The van der Waals surface area contributed by atoms with Gasteiger partial charge in [0.1, 0.15) is 6.67 Å². The van der Waals surface area contributed by atoms with E-state index in [0.29, 0.717) is 0 Å². The molecule has 0 N–H and O–H groups in total. The summed E-state index contributed by atoms with van der Waals surface area (Å²) in [6, 6.07) is 0. The van der Waals surface area contributed by atoms with E-state index in [1.54, 1.807) is 0 Å². The summed E-state index contributed by atoms with van der Waals surface area (Å²) in [6.07, 6.45) is -4.19. The lowest BCUT2D eigenvalue weighted by Crippen LogP contribution is -2.20. The average molecular weight is 379 g/mol. The predicted octanol–water partition coefficient (Wildman–Crippen LogP) is 2.84. The molecule has 4 nitrogen and oxygen atoms in total. The Bertz CT molecular complexity index is 464. The van der Waals surface area contributed by atoms with Gasteiger partial charge >= 0.3 is 12.3 Å². The molecule has 0 aliphatic carbocycles. The number of carbonyl (C=O) groups is 1. The average Bonchev–Trinajstić information content (AvgIpc) is 2.29. The van der Waals surface area contributed by atoms with Crippen LogP contribution in [0.15, 0.2) is 6.20 Å². The maximum absolute atomic E-state index is 12.5. The standard InChI is InChI=1S/C9H6F4INO3/c1-17-8(16)6-5(14)7(18-9(11,12)13)4(2-10)3-15-6/h3H,2H2,1H3. The lowest BCUT2D eigenvalue weighted by Gasteiger charge is -2.14. The van der Waals surface area contributed by atoms with Crippen LogP contribution >= 0.6 is 22.6 Å². The third-order valence-electron chi connectivity index (χ3n) is 1.79. The molecule has 0 aromatic carbocycles. The van der Waals surface area contributed by atoms with Crippen LogP contribution in [-0.4, -0.2) is 24.4 Å². The van der Waals surface area contributed by atoms with Crippen molar-refractivity contribution in [3.05, 3.63) is 21.0 Å². The summed E-state index contributed by atoms with van der Waals surface area (Å²) < 4.78 is 56.8. The molecule has 0 fully saturated rings. The fourth-order valence-electron chi connectivity index (χ4n) is 1.07. The Labute approximate surface area is 112 Å². The van der Waals surface area contributed by atoms with Crippen molar-refractivity contribution in [1.82, 2.24) is 4.98 Å². The van der Waals surface area contributed by atoms with E-state index < -0.39 is 30.3 Å². The Hall–Kier alpha value is -1.13. The topological polar surface area (TPSA) is 48.4 Å². The molecular weight excluding hydrogens is 373 g/mol. The van der Waals surface area contributed by atoms with E-state index in [4.69, 9.17) is 0 Å². The second kappa shape index (κ2) is 5.67. The van der Waals surface area contributed by atoms with Crippen LogP contribution in [0, 0.1) is 3.57 Å². The van der Waals surface area contributed by atoms with Gasteiger partial charge < -0.3 is 9.47 Å². The van der Waals surface area contributed by atoms with Gasteiger partial charge in [0.25, 0.3) is 0 Å². The highest BCUT2D eigenvalue weighted by molar-refractivity contribution is 14.1. The second-order valence-electron chi connectivity index (χ2n) is 2.95. The summed E-state index contributed by atoms with van der Waals surface area (Å²) in [4.78, 5) is 14.8. The van der Waals surface area contributed by atoms with Gasteiger partial charge in [-0.1, -0.05) is 0 Å². The first-order valence-corrected chi connectivity index (χ1v) is 5.45. The van der Waals surface area contributed by atoms with Crippen molar-refractivity contribution in [3.8, 4) is 5.75 Å². The van der Waals surface area contributed by atoms with Gasteiger partial charge in [-0.2, -0.15) is 0 Å². The highest BCUT2D eigenvalue weighted by Crippen LogP contribution is 2.33. The number of rotatable bonds is 3. The largest absolute Gasteiger partial charge is 0.573 e. The van der Waals surface area contributed by atoms with Crippen molar-refractivity contribution in [2.75, 3.05) is 7.11 Å². The molecule has 0 atom stereocenters. The molecule has 0 bridgehead atoms. The minimum absolute atomic E-state index is 0.257. The Balaban J connectivity index is 3.31. The highest BCUT2D eigenvalue weighted by Gasteiger charge is 2.34. The quantitative estimate of drug-likeness (QED) is 0.461. The van der Waals surface area contributed by atoms with E-state index in [-0.39, 0.29) is 9.26 Å². The number of halogens is 5. The van der Waals surface area contributed by atoms with Gasteiger partial charge in [0.05, 0.1) is 10.7 Å².